The molecule has 1 aliphatic carbocycles. The summed E-state index contributed by atoms with van der Waals surface area (Å²) in [6.45, 7) is 0. The minimum Gasteiger partial charge on any atom is -0.496 e. The van der Waals surface area contributed by atoms with Gasteiger partial charge in [0.25, 0.3) is 0 Å². The Morgan fingerprint density at radius 3 is 2.91 bits per heavy atom. The third-order valence-corrected chi connectivity index (χ3v) is 5.58. The predicted octanol–water partition coefficient (Wildman–Crippen LogP) is 5.29. The van der Waals surface area contributed by atoms with Crippen molar-refractivity contribution >= 4 is 33.8 Å². The van der Waals surface area contributed by atoms with Crippen LogP contribution in [0.25, 0.3) is 21.5 Å². The molecule has 0 saturated heterocycles. The highest BCUT2D eigenvalue weighted by atomic mass is 35.5. The molecule has 0 atom stereocenters. The van der Waals surface area contributed by atoms with Crippen LogP contribution in [0.1, 0.15) is 30.9 Å². The molecule has 0 N–H and O–H groups in total. The van der Waals surface area contributed by atoms with Gasteiger partial charge >= 0.3 is 0 Å². The lowest BCUT2D eigenvalue weighted by Gasteiger charge is -2.23. The van der Waals surface area contributed by atoms with Crippen molar-refractivity contribution in [1.29, 1.82) is 0 Å². The summed E-state index contributed by atoms with van der Waals surface area (Å²) in [6, 6.07) is 5.76. The quantitative estimate of drug-likeness (QED) is 0.654. The summed E-state index contributed by atoms with van der Waals surface area (Å²) in [6.07, 6.45) is 5.63. The van der Waals surface area contributed by atoms with Crippen LogP contribution in [0.2, 0.25) is 5.02 Å². The van der Waals surface area contributed by atoms with Crippen molar-refractivity contribution in [3.8, 4) is 16.3 Å². The van der Waals surface area contributed by atoms with Gasteiger partial charge in [0, 0.05) is 23.1 Å². The molecule has 22 heavy (non-hydrogen) atoms. The van der Waals surface area contributed by atoms with Gasteiger partial charge in [-0.25, -0.2) is 4.98 Å². The number of ether oxygens (including phenoxy) is 1. The molecule has 0 aliphatic heterocycles. The van der Waals surface area contributed by atoms with E-state index in [9.17, 15) is 0 Å². The van der Waals surface area contributed by atoms with Gasteiger partial charge in [0.1, 0.15) is 10.8 Å². The third-order valence-electron chi connectivity index (χ3n) is 4.29. The van der Waals surface area contributed by atoms with Gasteiger partial charge < -0.3 is 4.74 Å². The van der Waals surface area contributed by atoms with Gasteiger partial charge in [0.05, 0.1) is 28.7 Å². The fourth-order valence-corrected chi connectivity index (χ4v) is 4.10. The standard InChI is InChI=1S/C17H15ClN2OS/c1-21-14-7-3-6-12-15(14)16(18)11(8-19-12)17-20-13(9-22-17)10-4-2-5-10/h3,6-10H,2,4-5H2,1H3. The van der Waals surface area contributed by atoms with Crippen LogP contribution >= 0.6 is 22.9 Å². The Labute approximate surface area is 137 Å². The van der Waals surface area contributed by atoms with Gasteiger partial charge in [-0.2, -0.15) is 0 Å². The Morgan fingerprint density at radius 2 is 2.18 bits per heavy atom. The number of pyridine rings is 1. The van der Waals surface area contributed by atoms with Crippen LogP contribution in [0.4, 0.5) is 0 Å². The molecular formula is C17H15ClN2OS. The van der Waals surface area contributed by atoms with Crippen LogP contribution in [0.3, 0.4) is 0 Å². The van der Waals surface area contributed by atoms with E-state index in [4.69, 9.17) is 21.3 Å². The maximum absolute atomic E-state index is 6.64. The van der Waals surface area contributed by atoms with Crippen LogP contribution in [0, 0.1) is 0 Å². The summed E-state index contributed by atoms with van der Waals surface area (Å²) in [7, 11) is 1.65. The lowest BCUT2D eigenvalue weighted by atomic mass is 9.83. The molecule has 0 amide bonds. The van der Waals surface area contributed by atoms with Crippen LogP contribution in [0.15, 0.2) is 29.8 Å². The van der Waals surface area contributed by atoms with E-state index in [2.05, 4.69) is 10.4 Å². The first kappa shape index (κ1) is 14.0. The number of aromatic nitrogens is 2. The molecule has 5 heteroatoms. The average molecular weight is 331 g/mol. The third kappa shape index (κ3) is 2.18. The molecule has 3 nitrogen and oxygen atoms in total. The number of halogens is 1. The fourth-order valence-electron chi connectivity index (χ4n) is 2.79. The number of fused-ring (bicyclic) bond motifs is 1. The summed E-state index contributed by atoms with van der Waals surface area (Å²) in [5.41, 5.74) is 2.92. The Bertz CT molecular complexity index is 842. The predicted molar refractivity (Wildman–Crippen MR) is 91.0 cm³/mol. The lowest BCUT2D eigenvalue weighted by Crippen LogP contribution is -2.08. The van der Waals surface area contributed by atoms with Crippen molar-refractivity contribution in [2.45, 2.75) is 25.2 Å². The van der Waals surface area contributed by atoms with Gasteiger partial charge in [0.2, 0.25) is 0 Å². The molecule has 0 unspecified atom stereocenters. The smallest absolute Gasteiger partial charge is 0.129 e. The van der Waals surface area contributed by atoms with Crippen molar-refractivity contribution in [2.75, 3.05) is 7.11 Å². The molecule has 1 fully saturated rings. The van der Waals surface area contributed by atoms with Crippen molar-refractivity contribution in [2.24, 2.45) is 0 Å². The number of thiazole rings is 1. The van der Waals surface area contributed by atoms with Gasteiger partial charge in [-0.3, -0.25) is 4.98 Å². The van der Waals surface area contributed by atoms with Crippen LogP contribution in [-0.2, 0) is 0 Å². The maximum atomic E-state index is 6.64. The SMILES string of the molecule is COc1cccc2ncc(-c3nc(C4CCC4)cs3)c(Cl)c12. The molecule has 1 aromatic carbocycles. The average Bonchev–Trinajstić information content (AvgIpc) is 2.94. The molecule has 2 aromatic heterocycles. The molecule has 112 valence electrons. The van der Waals surface area contributed by atoms with Crippen LogP contribution in [0.5, 0.6) is 5.75 Å². The highest BCUT2D eigenvalue weighted by Crippen LogP contribution is 2.41. The van der Waals surface area contributed by atoms with Crippen LogP contribution in [-0.4, -0.2) is 17.1 Å². The Balaban J connectivity index is 1.84. The van der Waals surface area contributed by atoms with E-state index in [-0.39, 0.29) is 0 Å². The van der Waals surface area contributed by atoms with Gasteiger partial charge in [-0.1, -0.05) is 24.1 Å². The molecule has 1 aliphatic rings. The molecule has 1 saturated carbocycles. The lowest BCUT2D eigenvalue weighted by molar-refractivity contribution is 0.413. The monoisotopic (exact) mass is 330 g/mol. The molecule has 0 bridgehead atoms. The van der Waals surface area contributed by atoms with Crippen molar-refractivity contribution < 1.29 is 4.74 Å². The maximum Gasteiger partial charge on any atom is 0.129 e. The molecule has 2 heterocycles. The van der Waals surface area contributed by atoms with Crippen molar-refractivity contribution in [3.05, 3.63) is 40.5 Å². The number of benzene rings is 1. The first-order valence-electron chi connectivity index (χ1n) is 7.35. The van der Waals surface area contributed by atoms with E-state index in [1.54, 1.807) is 18.4 Å². The first-order chi connectivity index (χ1) is 10.8. The van der Waals surface area contributed by atoms with Crippen molar-refractivity contribution in [3.63, 3.8) is 0 Å². The summed E-state index contributed by atoms with van der Waals surface area (Å²) in [5, 5.41) is 4.61. The van der Waals surface area contributed by atoms with E-state index in [1.807, 2.05) is 24.4 Å². The zero-order valence-electron chi connectivity index (χ0n) is 12.2. The molecule has 3 aromatic rings. The largest absolute Gasteiger partial charge is 0.496 e. The molecular weight excluding hydrogens is 316 g/mol. The molecule has 0 spiro atoms. The minimum absolute atomic E-state index is 0.631. The number of nitrogens with zero attached hydrogens (tertiary/aromatic N) is 2. The van der Waals surface area contributed by atoms with Crippen molar-refractivity contribution in [1.82, 2.24) is 9.97 Å². The second kappa shape index (κ2) is 5.52. The first-order valence-corrected chi connectivity index (χ1v) is 8.60. The number of hydrogen-bond acceptors (Lipinski definition) is 4. The van der Waals surface area contributed by atoms with Gasteiger partial charge in [0.15, 0.2) is 0 Å². The summed E-state index contributed by atoms with van der Waals surface area (Å²) in [4.78, 5) is 9.30. The molecule has 4 rings (SSSR count). The van der Waals surface area contributed by atoms with E-state index in [0.717, 1.165) is 27.2 Å². The second-order valence-electron chi connectivity index (χ2n) is 5.55. The highest BCUT2D eigenvalue weighted by molar-refractivity contribution is 7.13. The normalized spacial score (nSPS) is 15.0. The summed E-state index contributed by atoms with van der Waals surface area (Å²) < 4.78 is 5.43. The number of rotatable bonds is 3. The second-order valence-corrected chi connectivity index (χ2v) is 6.78. The number of hydrogen-bond donors (Lipinski definition) is 0. The zero-order valence-corrected chi connectivity index (χ0v) is 13.7. The Morgan fingerprint density at radius 1 is 1.32 bits per heavy atom. The topological polar surface area (TPSA) is 35.0 Å². The summed E-state index contributed by atoms with van der Waals surface area (Å²) in [5.74, 6) is 1.37. The minimum atomic E-state index is 0.631. The zero-order chi connectivity index (χ0) is 15.1. The van der Waals surface area contributed by atoms with E-state index >= 15 is 0 Å². The Kier molecular flexibility index (Phi) is 3.51. The van der Waals surface area contributed by atoms with E-state index < -0.39 is 0 Å². The highest BCUT2D eigenvalue weighted by Gasteiger charge is 2.23. The van der Waals surface area contributed by atoms with Gasteiger partial charge in [-0.15, -0.1) is 11.3 Å². The Hall–Kier alpha value is -1.65. The molecule has 0 radical (unpaired) electrons. The van der Waals surface area contributed by atoms with Crippen LogP contribution < -0.4 is 4.74 Å². The van der Waals surface area contributed by atoms with Gasteiger partial charge in [-0.05, 0) is 25.0 Å². The van der Waals surface area contributed by atoms with E-state index in [1.165, 1.54) is 25.0 Å². The number of methoxy groups -OCH3 is 1. The fraction of sp³-hybridized carbons (Fsp3) is 0.294. The van der Waals surface area contributed by atoms with E-state index in [0.29, 0.717) is 10.9 Å². The summed E-state index contributed by atoms with van der Waals surface area (Å²) >= 11 is 8.28.